The van der Waals surface area contributed by atoms with Crippen LogP contribution in [0.15, 0.2) is 35.8 Å². The molecule has 0 atom stereocenters. The summed E-state index contributed by atoms with van der Waals surface area (Å²) in [6, 6.07) is 7.97. The molecular weight excluding hydrogens is 170 g/mol. The van der Waals surface area contributed by atoms with Crippen LogP contribution in [-0.2, 0) is 0 Å². The van der Waals surface area contributed by atoms with Gasteiger partial charge >= 0.3 is 0 Å². The monoisotopic (exact) mass is 189 g/mol. The predicted octanol–water partition coefficient (Wildman–Crippen LogP) is 4.47. The second-order valence-corrected chi connectivity index (χ2v) is 2.48. The van der Waals surface area contributed by atoms with Crippen molar-refractivity contribution in [3.05, 3.63) is 36.4 Å². The molecule has 0 saturated carbocycles. The van der Waals surface area contributed by atoms with Gasteiger partial charge in [0.1, 0.15) is 0 Å². The van der Waals surface area contributed by atoms with Crippen LogP contribution in [0, 0.1) is 0 Å². The topological polar surface area (TPSA) is 12.4 Å². The summed E-state index contributed by atoms with van der Waals surface area (Å²) in [4.78, 5) is 4.30. The van der Waals surface area contributed by atoms with Crippen LogP contribution < -0.4 is 0 Å². The van der Waals surface area contributed by atoms with Crippen molar-refractivity contribution in [3.63, 3.8) is 0 Å². The molecule has 0 unspecified atom stereocenters. The molecule has 1 aromatic rings. The Hall–Kier alpha value is -1.37. The van der Waals surface area contributed by atoms with Gasteiger partial charge in [0.05, 0.1) is 5.69 Å². The summed E-state index contributed by atoms with van der Waals surface area (Å²) in [7, 11) is 0. The first-order chi connectivity index (χ1) is 6.88. The quantitative estimate of drug-likeness (QED) is 0.622. The van der Waals surface area contributed by atoms with E-state index in [2.05, 4.69) is 18.5 Å². The summed E-state index contributed by atoms with van der Waals surface area (Å²) in [6.45, 7) is 9.80. The maximum absolute atomic E-state index is 4.30. The third-order valence-electron chi connectivity index (χ3n) is 1.57. The van der Waals surface area contributed by atoms with Gasteiger partial charge in [0.25, 0.3) is 0 Å². The van der Waals surface area contributed by atoms with Crippen LogP contribution in [0.1, 0.15) is 32.8 Å². The molecule has 0 heterocycles. The minimum absolute atomic E-state index is 0.964. The molecule has 0 bridgehead atoms. The zero-order valence-corrected chi connectivity index (χ0v) is 9.33. The second-order valence-electron chi connectivity index (χ2n) is 2.48. The molecule has 14 heavy (non-hydrogen) atoms. The maximum atomic E-state index is 4.30. The lowest BCUT2D eigenvalue weighted by molar-refractivity contribution is 1.31. The van der Waals surface area contributed by atoms with Gasteiger partial charge in [-0.15, -0.1) is 0 Å². The highest BCUT2D eigenvalue weighted by Crippen LogP contribution is 2.18. The smallest absolute Gasteiger partial charge is 0.0697 e. The Balaban J connectivity index is 0.000000791. The number of hydrogen-bond acceptors (Lipinski definition) is 1. The molecule has 0 fully saturated rings. The molecule has 0 aliphatic heterocycles. The van der Waals surface area contributed by atoms with Gasteiger partial charge in [-0.25, -0.2) is 0 Å². The number of rotatable bonds is 3. The van der Waals surface area contributed by atoms with Crippen molar-refractivity contribution >= 4 is 18.0 Å². The van der Waals surface area contributed by atoms with Gasteiger partial charge in [-0.1, -0.05) is 51.6 Å². The zero-order chi connectivity index (χ0) is 10.8. The van der Waals surface area contributed by atoms with E-state index in [1.807, 2.05) is 50.4 Å². The van der Waals surface area contributed by atoms with E-state index in [9.17, 15) is 0 Å². The molecule has 1 aromatic carbocycles. The summed E-state index contributed by atoms with van der Waals surface area (Å²) >= 11 is 0. The zero-order valence-electron chi connectivity index (χ0n) is 9.33. The molecule has 76 valence electrons. The third-order valence-corrected chi connectivity index (χ3v) is 1.57. The number of para-hydroxylation sites is 1. The van der Waals surface area contributed by atoms with Gasteiger partial charge in [0.2, 0.25) is 0 Å². The van der Waals surface area contributed by atoms with Crippen molar-refractivity contribution in [2.45, 2.75) is 27.2 Å². The lowest BCUT2D eigenvalue weighted by Crippen LogP contribution is -1.74. The van der Waals surface area contributed by atoms with E-state index < -0.39 is 0 Å². The fourth-order valence-corrected chi connectivity index (χ4v) is 0.967. The Labute approximate surface area is 87.2 Å². The minimum Gasteiger partial charge on any atom is -0.261 e. The van der Waals surface area contributed by atoms with Gasteiger partial charge in [-0.3, -0.25) is 4.99 Å². The molecule has 1 heteroatoms. The first-order valence-corrected chi connectivity index (χ1v) is 5.12. The van der Waals surface area contributed by atoms with Gasteiger partial charge in [-0.05, 0) is 18.1 Å². The van der Waals surface area contributed by atoms with E-state index in [1.54, 1.807) is 0 Å². The maximum Gasteiger partial charge on any atom is 0.0697 e. The van der Waals surface area contributed by atoms with Crippen LogP contribution >= 0.6 is 0 Å². The second kappa shape index (κ2) is 8.24. The summed E-state index contributed by atoms with van der Waals surface area (Å²) in [5, 5.41) is 0. The van der Waals surface area contributed by atoms with Crippen molar-refractivity contribution in [2.75, 3.05) is 0 Å². The van der Waals surface area contributed by atoms with Crippen LogP contribution in [-0.4, -0.2) is 6.21 Å². The lowest BCUT2D eigenvalue weighted by Gasteiger charge is -1.97. The lowest BCUT2D eigenvalue weighted by atomic mass is 10.2. The Morgan fingerprint density at radius 2 is 1.93 bits per heavy atom. The average Bonchev–Trinajstić information content (AvgIpc) is 2.29. The average molecular weight is 189 g/mol. The number of aliphatic imine (C=N–C) groups is 1. The number of hydrogen-bond donors (Lipinski definition) is 0. The molecule has 0 aliphatic rings. The third kappa shape index (κ3) is 4.04. The van der Waals surface area contributed by atoms with E-state index in [0.29, 0.717) is 0 Å². The molecule has 1 nitrogen and oxygen atoms in total. The van der Waals surface area contributed by atoms with Gasteiger partial charge < -0.3 is 0 Å². The minimum atomic E-state index is 0.964. The molecule has 0 saturated heterocycles. The van der Waals surface area contributed by atoms with Crippen molar-refractivity contribution < 1.29 is 0 Å². The number of nitrogens with zero attached hydrogens (tertiary/aromatic N) is 1. The van der Waals surface area contributed by atoms with Gasteiger partial charge in [0.15, 0.2) is 0 Å². The predicted molar refractivity (Wildman–Crippen MR) is 66.3 cm³/mol. The fourth-order valence-electron chi connectivity index (χ4n) is 0.967. The van der Waals surface area contributed by atoms with E-state index >= 15 is 0 Å². The van der Waals surface area contributed by atoms with Crippen LogP contribution in [0.3, 0.4) is 0 Å². The van der Waals surface area contributed by atoms with Crippen LogP contribution in [0.2, 0.25) is 0 Å². The normalized spacial score (nSPS) is 9.36. The van der Waals surface area contributed by atoms with E-state index in [1.165, 1.54) is 0 Å². The van der Waals surface area contributed by atoms with E-state index in [-0.39, 0.29) is 0 Å². The molecule has 0 N–H and O–H groups in total. The SMILES string of the molecule is C=Cc1ccccc1N=CCC.CC. The van der Waals surface area contributed by atoms with Crippen molar-refractivity contribution in [2.24, 2.45) is 4.99 Å². The van der Waals surface area contributed by atoms with E-state index in [4.69, 9.17) is 0 Å². The van der Waals surface area contributed by atoms with Crippen molar-refractivity contribution in [3.8, 4) is 0 Å². The Morgan fingerprint density at radius 3 is 2.50 bits per heavy atom. The highest BCUT2D eigenvalue weighted by molar-refractivity contribution is 5.69. The van der Waals surface area contributed by atoms with E-state index in [0.717, 1.165) is 17.7 Å². The number of benzene rings is 1. The molecule has 0 radical (unpaired) electrons. The Kier molecular flexibility index (Phi) is 7.43. The Morgan fingerprint density at radius 1 is 1.29 bits per heavy atom. The van der Waals surface area contributed by atoms with Crippen LogP contribution in [0.4, 0.5) is 5.69 Å². The standard InChI is InChI=1S/C11H13N.C2H6/c1-3-9-12-11-8-6-5-7-10(11)4-2;1-2/h4-9H,2-3H2,1H3;1-2H3. The molecule has 0 aliphatic carbocycles. The first kappa shape index (κ1) is 12.6. The summed E-state index contributed by atoms with van der Waals surface area (Å²) in [6.07, 6.45) is 4.69. The van der Waals surface area contributed by atoms with Gasteiger partial charge in [-0.2, -0.15) is 0 Å². The van der Waals surface area contributed by atoms with Crippen LogP contribution in [0.5, 0.6) is 0 Å². The van der Waals surface area contributed by atoms with Crippen LogP contribution in [0.25, 0.3) is 6.08 Å². The summed E-state index contributed by atoms with van der Waals surface area (Å²) < 4.78 is 0. The summed E-state index contributed by atoms with van der Waals surface area (Å²) in [5.74, 6) is 0. The van der Waals surface area contributed by atoms with Gasteiger partial charge in [0, 0.05) is 6.21 Å². The highest BCUT2D eigenvalue weighted by Gasteiger charge is 1.92. The first-order valence-electron chi connectivity index (χ1n) is 5.12. The Bertz CT molecular complexity index is 287. The highest BCUT2D eigenvalue weighted by atomic mass is 14.7. The van der Waals surface area contributed by atoms with Crippen molar-refractivity contribution in [1.29, 1.82) is 0 Å². The molecule has 0 aromatic heterocycles. The summed E-state index contributed by atoms with van der Waals surface area (Å²) in [5.41, 5.74) is 2.08. The molecule has 0 amide bonds. The fraction of sp³-hybridized carbons (Fsp3) is 0.308. The molecular formula is C13H19N. The largest absolute Gasteiger partial charge is 0.261 e. The van der Waals surface area contributed by atoms with Crippen molar-refractivity contribution in [1.82, 2.24) is 0 Å². The molecule has 0 spiro atoms. The molecule has 1 rings (SSSR count).